The molecule has 0 fully saturated rings. The van der Waals surface area contributed by atoms with E-state index in [-0.39, 0.29) is 5.56 Å². The zero-order valence-corrected chi connectivity index (χ0v) is 12.8. The van der Waals surface area contributed by atoms with Gasteiger partial charge in [0.2, 0.25) is 0 Å². The Labute approximate surface area is 133 Å². The van der Waals surface area contributed by atoms with Gasteiger partial charge in [-0.15, -0.1) is 0 Å². The van der Waals surface area contributed by atoms with Gasteiger partial charge < -0.3 is 9.72 Å². The number of nitrogens with one attached hydrogen (secondary N) is 1. The van der Waals surface area contributed by atoms with Gasteiger partial charge in [-0.2, -0.15) is 0 Å². The van der Waals surface area contributed by atoms with Crippen LogP contribution in [0.4, 0.5) is 4.39 Å². The smallest absolute Gasteiger partial charge is 0.259 e. The van der Waals surface area contributed by atoms with Gasteiger partial charge in [-0.05, 0) is 36.8 Å². The molecule has 0 saturated heterocycles. The summed E-state index contributed by atoms with van der Waals surface area (Å²) in [4.78, 5) is 19.3. The van der Waals surface area contributed by atoms with Gasteiger partial charge >= 0.3 is 0 Å². The van der Waals surface area contributed by atoms with Crippen molar-refractivity contribution in [2.24, 2.45) is 0 Å². The minimum Gasteiger partial charge on any atom is -0.493 e. The van der Waals surface area contributed by atoms with Crippen molar-refractivity contribution < 1.29 is 9.13 Å². The van der Waals surface area contributed by atoms with Crippen LogP contribution in [0, 0.1) is 5.82 Å². The van der Waals surface area contributed by atoms with E-state index in [1.54, 1.807) is 24.3 Å². The van der Waals surface area contributed by atoms with E-state index in [0.29, 0.717) is 34.6 Å². The number of H-pyrrole nitrogens is 1. The highest BCUT2D eigenvalue weighted by atomic mass is 19.1. The Morgan fingerprint density at radius 3 is 2.87 bits per heavy atom. The number of fused-ring (bicyclic) bond motifs is 1. The molecule has 0 radical (unpaired) electrons. The summed E-state index contributed by atoms with van der Waals surface area (Å²) < 4.78 is 19.4. The van der Waals surface area contributed by atoms with Crippen LogP contribution < -0.4 is 10.3 Å². The van der Waals surface area contributed by atoms with Crippen molar-refractivity contribution in [3.8, 4) is 17.1 Å². The molecule has 2 aromatic carbocycles. The lowest BCUT2D eigenvalue weighted by atomic mass is 10.1. The second-order valence-corrected chi connectivity index (χ2v) is 5.27. The van der Waals surface area contributed by atoms with Crippen molar-refractivity contribution in [2.75, 3.05) is 6.61 Å². The van der Waals surface area contributed by atoms with Crippen molar-refractivity contribution in [3.05, 3.63) is 58.6 Å². The van der Waals surface area contributed by atoms with Crippen molar-refractivity contribution >= 4 is 10.9 Å². The SMILES string of the molecule is CCCCOc1ccc(F)cc1-c1nc2ccccc2c(=O)[nH]1. The fraction of sp³-hybridized carbons (Fsp3) is 0.222. The van der Waals surface area contributed by atoms with Crippen molar-refractivity contribution in [2.45, 2.75) is 19.8 Å². The third kappa shape index (κ3) is 3.23. The van der Waals surface area contributed by atoms with Gasteiger partial charge in [-0.3, -0.25) is 4.79 Å². The van der Waals surface area contributed by atoms with E-state index in [4.69, 9.17) is 4.74 Å². The van der Waals surface area contributed by atoms with Crippen LogP contribution in [-0.4, -0.2) is 16.6 Å². The zero-order chi connectivity index (χ0) is 16.2. The van der Waals surface area contributed by atoms with Crippen LogP contribution in [0.5, 0.6) is 5.75 Å². The predicted octanol–water partition coefficient (Wildman–Crippen LogP) is 3.91. The maximum atomic E-state index is 13.7. The largest absolute Gasteiger partial charge is 0.493 e. The molecule has 0 amide bonds. The first kappa shape index (κ1) is 15.2. The van der Waals surface area contributed by atoms with Gasteiger partial charge in [-0.1, -0.05) is 25.5 Å². The minimum absolute atomic E-state index is 0.255. The molecule has 23 heavy (non-hydrogen) atoms. The third-order valence-electron chi connectivity index (χ3n) is 3.57. The molecule has 5 heteroatoms. The van der Waals surface area contributed by atoms with Gasteiger partial charge in [0.25, 0.3) is 5.56 Å². The van der Waals surface area contributed by atoms with E-state index in [1.807, 2.05) is 6.07 Å². The number of halogens is 1. The summed E-state index contributed by atoms with van der Waals surface area (Å²) in [5.74, 6) is 0.414. The lowest BCUT2D eigenvalue weighted by Gasteiger charge is -2.11. The van der Waals surface area contributed by atoms with Crippen molar-refractivity contribution in [3.63, 3.8) is 0 Å². The van der Waals surface area contributed by atoms with E-state index in [2.05, 4.69) is 16.9 Å². The first-order valence-corrected chi connectivity index (χ1v) is 7.61. The van der Waals surface area contributed by atoms with Gasteiger partial charge in [0.15, 0.2) is 0 Å². The number of hydrogen-bond donors (Lipinski definition) is 1. The molecule has 3 aromatic rings. The van der Waals surface area contributed by atoms with Crippen LogP contribution in [0.1, 0.15) is 19.8 Å². The van der Waals surface area contributed by atoms with Gasteiger partial charge in [0.05, 0.1) is 23.1 Å². The Kier molecular flexibility index (Phi) is 4.37. The van der Waals surface area contributed by atoms with Gasteiger partial charge in [-0.25, -0.2) is 9.37 Å². The zero-order valence-electron chi connectivity index (χ0n) is 12.8. The minimum atomic E-state index is -0.404. The molecular formula is C18H17FN2O2. The Morgan fingerprint density at radius 1 is 1.22 bits per heavy atom. The van der Waals surface area contributed by atoms with Crippen molar-refractivity contribution in [1.82, 2.24) is 9.97 Å². The molecule has 4 nitrogen and oxygen atoms in total. The second-order valence-electron chi connectivity index (χ2n) is 5.27. The normalized spacial score (nSPS) is 10.9. The van der Waals surface area contributed by atoms with Crippen LogP contribution in [0.3, 0.4) is 0 Å². The van der Waals surface area contributed by atoms with Gasteiger partial charge in [0.1, 0.15) is 17.4 Å². The molecule has 118 valence electrons. The molecule has 0 unspecified atom stereocenters. The first-order valence-electron chi connectivity index (χ1n) is 7.61. The molecule has 0 atom stereocenters. The highest BCUT2D eigenvalue weighted by Crippen LogP contribution is 2.28. The maximum Gasteiger partial charge on any atom is 0.259 e. The third-order valence-corrected chi connectivity index (χ3v) is 3.57. The Balaban J connectivity index is 2.10. The van der Waals surface area contributed by atoms with Crippen LogP contribution in [-0.2, 0) is 0 Å². The molecular weight excluding hydrogens is 295 g/mol. The molecule has 0 aliphatic carbocycles. The molecule has 1 heterocycles. The Bertz CT molecular complexity index is 890. The number of aromatic amines is 1. The number of unbranched alkanes of at least 4 members (excludes halogenated alkanes) is 1. The maximum absolute atomic E-state index is 13.7. The highest BCUT2D eigenvalue weighted by Gasteiger charge is 2.12. The predicted molar refractivity (Wildman–Crippen MR) is 88.2 cm³/mol. The average Bonchev–Trinajstić information content (AvgIpc) is 2.56. The summed E-state index contributed by atoms with van der Waals surface area (Å²) >= 11 is 0. The van der Waals surface area contributed by atoms with Crippen molar-refractivity contribution in [1.29, 1.82) is 0 Å². The summed E-state index contributed by atoms with van der Waals surface area (Å²) in [6, 6.07) is 11.3. The molecule has 1 aromatic heterocycles. The summed E-state index contributed by atoms with van der Waals surface area (Å²) in [7, 11) is 0. The topological polar surface area (TPSA) is 55.0 Å². The standard InChI is InChI=1S/C18H17FN2O2/c1-2-3-10-23-16-9-8-12(19)11-14(16)17-20-15-7-5-4-6-13(15)18(22)21-17/h4-9,11H,2-3,10H2,1H3,(H,20,21,22). The number of rotatable bonds is 5. The van der Waals surface area contributed by atoms with E-state index >= 15 is 0 Å². The lowest BCUT2D eigenvalue weighted by molar-refractivity contribution is 0.310. The van der Waals surface area contributed by atoms with E-state index < -0.39 is 5.82 Å². The number of aromatic nitrogens is 2. The van der Waals surface area contributed by atoms with E-state index in [9.17, 15) is 9.18 Å². The number of para-hydroxylation sites is 1. The molecule has 0 spiro atoms. The number of nitrogens with zero attached hydrogens (tertiary/aromatic N) is 1. The molecule has 0 saturated carbocycles. The fourth-order valence-electron chi connectivity index (χ4n) is 2.35. The van der Waals surface area contributed by atoms with E-state index in [1.165, 1.54) is 12.1 Å². The second kappa shape index (κ2) is 6.60. The van der Waals surface area contributed by atoms with Crippen LogP contribution in [0.25, 0.3) is 22.3 Å². The lowest BCUT2D eigenvalue weighted by Crippen LogP contribution is -2.10. The summed E-state index contributed by atoms with van der Waals surface area (Å²) in [6.07, 6.45) is 1.90. The molecule has 0 aliphatic heterocycles. The molecule has 0 aliphatic rings. The summed E-state index contributed by atoms with van der Waals surface area (Å²) in [5.41, 5.74) is 0.758. The van der Waals surface area contributed by atoms with Crippen LogP contribution in [0.2, 0.25) is 0 Å². The fourth-order valence-corrected chi connectivity index (χ4v) is 2.35. The quantitative estimate of drug-likeness (QED) is 0.727. The van der Waals surface area contributed by atoms with Crippen LogP contribution >= 0.6 is 0 Å². The molecule has 0 bridgehead atoms. The monoisotopic (exact) mass is 312 g/mol. The summed E-state index contributed by atoms with van der Waals surface area (Å²) in [5, 5.41) is 0.501. The average molecular weight is 312 g/mol. The first-order chi connectivity index (χ1) is 11.2. The van der Waals surface area contributed by atoms with Crippen LogP contribution in [0.15, 0.2) is 47.3 Å². The Hall–Kier alpha value is -2.69. The highest BCUT2D eigenvalue weighted by molar-refractivity contribution is 5.80. The number of hydrogen-bond acceptors (Lipinski definition) is 3. The van der Waals surface area contributed by atoms with Gasteiger partial charge in [0, 0.05) is 0 Å². The van der Waals surface area contributed by atoms with E-state index in [0.717, 1.165) is 12.8 Å². The Morgan fingerprint density at radius 2 is 2.04 bits per heavy atom. The number of benzene rings is 2. The summed E-state index contributed by atoms with van der Waals surface area (Å²) in [6.45, 7) is 2.60. The molecule has 1 N–H and O–H groups in total. The number of ether oxygens (including phenoxy) is 1. The molecule has 3 rings (SSSR count).